The highest BCUT2D eigenvalue weighted by atomic mass is 16.5. The van der Waals surface area contributed by atoms with Crippen molar-refractivity contribution in [3.8, 4) is 17.2 Å². The highest BCUT2D eigenvalue weighted by Crippen LogP contribution is 2.68. The third kappa shape index (κ3) is 3.29. The van der Waals surface area contributed by atoms with E-state index in [1.165, 1.54) is 21.3 Å². The van der Waals surface area contributed by atoms with Gasteiger partial charge < -0.3 is 19.5 Å². The molecule has 2 saturated carbocycles. The Kier molecular flexibility index (Phi) is 4.93. The highest BCUT2D eigenvalue weighted by Gasteiger charge is 2.65. The Labute approximate surface area is 159 Å². The molecular formula is C21H27NO5. The van der Waals surface area contributed by atoms with Gasteiger partial charge in [-0.05, 0) is 41.9 Å². The number of methoxy groups -OCH3 is 3. The van der Waals surface area contributed by atoms with Crippen LogP contribution in [0.3, 0.4) is 0 Å². The number of ether oxygens (including phenoxy) is 3. The number of allylic oxidation sites excluding steroid dienone is 2. The number of rotatable bonds is 6. The minimum absolute atomic E-state index is 0.146. The summed E-state index contributed by atoms with van der Waals surface area (Å²) < 4.78 is 16.0. The smallest absolute Gasteiger partial charge is 0.228 e. The fourth-order valence-electron chi connectivity index (χ4n) is 4.37. The summed E-state index contributed by atoms with van der Waals surface area (Å²) in [4.78, 5) is 24.8. The van der Waals surface area contributed by atoms with Crippen LogP contribution in [0.25, 0.3) is 0 Å². The first-order chi connectivity index (χ1) is 12.7. The lowest BCUT2D eigenvalue weighted by Crippen LogP contribution is -2.26. The standard InChI is InChI=1S/C21H27NO5/c1-11(18-14(23)10-13-19(18)21(13,2)3)22-17(24)9-12-7-15(25-4)20(27-6)16(8-12)26-5/h7-8,13,19H,9-10H2,1-6H3,(H,22,24)/b18-11+/t13-,19-/m1/s1. The molecule has 0 bridgehead atoms. The zero-order valence-corrected chi connectivity index (χ0v) is 16.8. The molecule has 2 aliphatic rings. The third-order valence-electron chi connectivity index (χ3n) is 5.89. The van der Waals surface area contributed by atoms with E-state index < -0.39 is 0 Å². The number of nitrogens with one attached hydrogen (secondary N) is 1. The molecule has 27 heavy (non-hydrogen) atoms. The van der Waals surface area contributed by atoms with Crippen LogP contribution in [0.4, 0.5) is 0 Å². The van der Waals surface area contributed by atoms with Crippen molar-refractivity contribution in [2.24, 2.45) is 17.3 Å². The van der Waals surface area contributed by atoms with E-state index in [4.69, 9.17) is 14.2 Å². The van der Waals surface area contributed by atoms with Gasteiger partial charge in [0.05, 0.1) is 27.8 Å². The van der Waals surface area contributed by atoms with Crippen LogP contribution in [0.15, 0.2) is 23.4 Å². The monoisotopic (exact) mass is 373 g/mol. The number of hydrogen-bond donors (Lipinski definition) is 1. The second kappa shape index (κ2) is 6.91. The van der Waals surface area contributed by atoms with Crippen molar-refractivity contribution < 1.29 is 23.8 Å². The van der Waals surface area contributed by atoms with Gasteiger partial charge in [0.2, 0.25) is 11.7 Å². The Bertz CT molecular complexity index is 799. The molecule has 1 N–H and O–H groups in total. The summed E-state index contributed by atoms with van der Waals surface area (Å²) >= 11 is 0. The Morgan fingerprint density at radius 1 is 1.15 bits per heavy atom. The molecular weight excluding hydrogens is 346 g/mol. The minimum atomic E-state index is -0.177. The second-order valence-corrected chi connectivity index (χ2v) is 7.83. The van der Waals surface area contributed by atoms with E-state index in [2.05, 4.69) is 19.2 Å². The molecule has 1 aromatic rings. The largest absolute Gasteiger partial charge is 0.493 e. The second-order valence-electron chi connectivity index (χ2n) is 7.83. The Hall–Kier alpha value is -2.50. The van der Waals surface area contributed by atoms with Crippen LogP contribution in [0.2, 0.25) is 0 Å². The first-order valence-corrected chi connectivity index (χ1v) is 9.07. The maximum Gasteiger partial charge on any atom is 0.228 e. The van der Waals surface area contributed by atoms with E-state index in [0.29, 0.717) is 35.3 Å². The molecule has 0 unspecified atom stereocenters. The third-order valence-corrected chi connectivity index (χ3v) is 5.89. The van der Waals surface area contributed by atoms with Gasteiger partial charge in [-0.15, -0.1) is 0 Å². The average Bonchev–Trinajstić information content (AvgIpc) is 2.96. The minimum Gasteiger partial charge on any atom is -0.493 e. The number of benzene rings is 1. The zero-order valence-electron chi connectivity index (χ0n) is 16.8. The molecule has 0 spiro atoms. The molecule has 6 nitrogen and oxygen atoms in total. The molecule has 0 radical (unpaired) electrons. The molecule has 3 rings (SSSR count). The van der Waals surface area contributed by atoms with Crippen LogP contribution in [0, 0.1) is 17.3 Å². The number of carbonyl (C=O) groups excluding carboxylic acids is 2. The summed E-state index contributed by atoms with van der Waals surface area (Å²) in [5.41, 5.74) is 2.37. The highest BCUT2D eigenvalue weighted by molar-refractivity contribution is 6.01. The zero-order chi connectivity index (χ0) is 19.9. The molecule has 1 aromatic carbocycles. The summed E-state index contributed by atoms with van der Waals surface area (Å²) in [5.74, 6) is 2.17. The molecule has 6 heteroatoms. The summed E-state index contributed by atoms with van der Waals surface area (Å²) in [6.07, 6.45) is 0.736. The van der Waals surface area contributed by atoms with Crippen LogP contribution in [0.1, 0.15) is 32.8 Å². The molecule has 2 fully saturated rings. The van der Waals surface area contributed by atoms with E-state index in [-0.39, 0.29) is 29.4 Å². The Morgan fingerprint density at radius 2 is 1.74 bits per heavy atom. The van der Waals surface area contributed by atoms with Crippen molar-refractivity contribution in [2.45, 2.75) is 33.6 Å². The molecule has 2 atom stereocenters. The molecule has 0 aromatic heterocycles. The van der Waals surface area contributed by atoms with Gasteiger partial charge in [0.15, 0.2) is 17.3 Å². The van der Waals surface area contributed by atoms with Gasteiger partial charge in [-0.25, -0.2) is 0 Å². The molecule has 146 valence electrons. The summed E-state index contributed by atoms with van der Waals surface area (Å²) in [7, 11) is 4.61. The summed E-state index contributed by atoms with van der Waals surface area (Å²) in [6.45, 7) is 6.18. The predicted octanol–water partition coefficient (Wildman–Crippen LogP) is 2.89. The van der Waals surface area contributed by atoms with E-state index in [1.807, 2.05) is 6.92 Å². The van der Waals surface area contributed by atoms with Crippen molar-refractivity contribution in [1.29, 1.82) is 0 Å². The molecule has 1 amide bonds. The summed E-state index contributed by atoms with van der Waals surface area (Å²) in [5, 5.41) is 2.91. The van der Waals surface area contributed by atoms with Gasteiger partial charge in [-0.2, -0.15) is 0 Å². The first-order valence-electron chi connectivity index (χ1n) is 9.07. The fourth-order valence-corrected chi connectivity index (χ4v) is 4.37. The van der Waals surface area contributed by atoms with Crippen LogP contribution in [-0.4, -0.2) is 33.0 Å². The molecule has 2 aliphatic carbocycles. The van der Waals surface area contributed by atoms with Gasteiger partial charge in [0, 0.05) is 17.7 Å². The van der Waals surface area contributed by atoms with E-state index in [9.17, 15) is 9.59 Å². The van der Waals surface area contributed by atoms with Crippen molar-refractivity contribution >= 4 is 11.7 Å². The lowest BCUT2D eigenvalue weighted by Gasteiger charge is -2.15. The predicted molar refractivity (Wildman–Crippen MR) is 101 cm³/mol. The van der Waals surface area contributed by atoms with Crippen LogP contribution < -0.4 is 19.5 Å². The average molecular weight is 373 g/mol. The lowest BCUT2D eigenvalue weighted by atomic mass is 9.95. The number of ketones is 1. The first kappa shape index (κ1) is 19.3. The number of Topliss-reactive ketones (excluding diaryl/α,β-unsaturated/α-hetero) is 1. The maximum atomic E-state index is 12.6. The number of amides is 1. The molecule has 0 heterocycles. The van der Waals surface area contributed by atoms with Gasteiger partial charge in [0.25, 0.3) is 0 Å². The van der Waals surface area contributed by atoms with E-state index >= 15 is 0 Å². The van der Waals surface area contributed by atoms with Gasteiger partial charge >= 0.3 is 0 Å². The van der Waals surface area contributed by atoms with Crippen molar-refractivity contribution in [2.75, 3.05) is 21.3 Å². The van der Waals surface area contributed by atoms with Crippen molar-refractivity contribution in [3.63, 3.8) is 0 Å². The normalized spacial score (nSPS) is 24.1. The van der Waals surface area contributed by atoms with Gasteiger partial charge in [-0.3, -0.25) is 9.59 Å². The number of hydrogen-bond acceptors (Lipinski definition) is 5. The topological polar surface area (TPSA) is 73.9 Å². The fraction of sp³-hybridized carbons (Fsp3) is 0.524. The van der Waals surface area contributed by atoms with E-state index in [0.717, 1.165) is 11.1 Å². The van der Waals surface area contributed by atoms with Crippen LogP contribution in [-0.2, 0) is 16.0 Å². The Balaban J connectivity index is 1.77. The van der Waals surface area contributed by atoms with Crippen molar-refractivity contribution in [3.05, 3.63) is 29.0 Å². The van der Waals surface area contributed by atoms with Crippen LogP contribution in [0.5, 0.6) is 17.2 Å². The maximum absolute atomic E-state index is 12.6. The van der Waals surface area contributed by atoms with Gasteiger partial charge in [-0.1, -0.05) is 13.8 Å². The van der Waals surface area contributed by atoms with Crippen LogP contribution >= 0.6 is 0 Å². The summed E-state index contributed by atoms with van der Waals surface area (Å²) in [6, 6.07) is 3.51. The quantitative estimate of drug-likeness (QED) is 0.776. The SMILES string of the molecule is COc1cc(CC(=O)N/C(C)=C2\C(=O)C[C@@H]3[C@H]2C3(C)C)cc(OC)c1OC. The molecule has 0 aliphatic heterocycles. The van der Waals surface area contributed by atoms with Crippen molar-refractivity contribution in [1.82, 2.24) is 5.32 Å². The van der Waals surface area contributed by atoms with E-state index in [1.54, 1.807) is 12.1 Å². The number of fused-ring (bicyclic) bond motifs is 1. The lowest BCUT2D eigenvalue weighted by molar-refractivity contribution is -0.119. The number of carbonyl (C=O) groups is 2. The van der Waals surface area contributed by atoms with Gasteiger partial charge in [0.1, 0.15) is 0 Å². The Morgan fingerprint density at radius 3 is 2.22 bits per heavy atom. The molecule has 0 saturated heterocycles.